The molecule has 0 radical (unpaired) electrons. The summed E-state index contributed by atoms with van der Waals surface area (Å²) < 4.78 is 13.1. The summed E-state index contributed by atoms with van der Waals surface area (Å²) >= 11 is 0. The Labute approximate surface area is 170 Å². The molecule has 29 heavy (non-hydrogen) atoms. The average molecular weight is 399 g/mol. The van der Waals surface area contributed by atoms with Gasteiger partial charge in [-0.2, -0.15) is 0 Å². The number of nitrogens with one attached hydrogen (secondary N) is 1. The lowest BCUT2D eigenvalue weighted by atomic mass is 10.1. The van der Waals surface area contributed by atoms with E-state index in [1.165, 1.54) is 24.5 Å². The van der Waals surface area contributed by atoms with E-state index in [1.54, 1.807) is 23.1 Å². The Balaban J connectivity index is 1.58. The van der Waals surface area contributed by atoms with Gasteiger partial charge < -0.3 is 20.0 Å². The molecule has 1 aromatic heterocycles. The molecule has 154 valence electrons. The number of carbonyl (C=O) groups excluding carboxylic acids is 2. The Hall–Kier alpha value is -3.00. The first-order valence-electron chi connectivity index (χ1n) is 9.62. The van der Waals surface area contributed by atoms with Gasteiger partial charge in [0, 0.05) is 57.3 Å². The highest BCUT2D eigenvalue weighted by molar-refractivity contribution is 5.99. The Bertz CT molecular complexity index is 848. The molecule has 1 saturated heterocycles. The predicted octanol–water partition coefficient (Wildman–Crippen LogP) is 1.47. The number of halogens is 1. The fourth-order valence-corrected chi connectivity index (χ4v) is 3.18. The zero-order chi connectivity index (χ0) is 20.8. The van der Waals surface area contributed by atoms with Crippen LogP contribution in [0.4, 0.5) is 10.1 Å². The molecule has 0 atom stereocenters. The van der Waals surface area contributed by atoms with E-state index >= 15 is 0 Å². The SMILES string of the molecule is CN(C)CCNC(=O)c1cncc(C(=O)N2CCN(c3ccc(F)cc3)CC2)c1. The first-order valence-corrected chi connectivity index (χ1v) is 9.62. The highest BCUT2D eigenvalue weighted by atomic mass is 19.1. The molecule has 0 spiro atoms. The molecule has 1 fully saturated rings. The van der Waals surface area contributed by atoms with Crippen LogP contribution < -0.4 is 10.2 Å². The summed E-state index contributed by atoms with van der Waals surface area (Å²) in [6.07, 6.45) is 2.96. The number of nitrogens with zero attached hydrogens (tertiary/aromatic N) is 4. The van der Waals surface area contributed by atoms with Gasteiger partial charge >= 0.3 is 0 Å². The molecule has 3 rings (SSSR count). The van der Waals surface area contributed by atoms with Crippen molar-refractivity contribution in [2.75, 3.05) is 58.3 Å². The minimum Gasteiger partial charge on any atom is -0.368 e. The standard InChI is InChI=1S/C21H26FN5O2/c1-25(2)8-7-24-20(28)16-13-17(15-23-14-16)21(29)27-11-9-26(10-12-27)19-5-3-18(22)4-6-19/h3-6,13-15H,7-12H2,1-2H3,(H,24,28). The number of amides is 2. The fourth-order valence-electron chi connectivity index (χ4n) is 3.18. The maximum absolute atomic E-state index is 13.1. The summed E-state index contributed by atoms with van der Waals surface area (Å²) in [6, 6.07) is 7.96. The molecule has 0 aliphatic carbocycles. The number of pyridine rings is 1. The van der Waals surface area contributed by atoms with Crippen LogP contribution in [0.25, 0.3) is 0 Å². The topological polar surface area (TPSA) is 68.8 Å². The third-order valence-corrected chi connectivity index (χ3v) is 4.85. The monoisotopic (exact) mass is 399 g/mol. The van der Waals surface area contributed by atoms with Crippen molar-refractivity contribution in [1.82, 2.24) is 20.1 Å². The van der Waals surface area contributed by atoms with Crippen LogP contribution in [0.3, 0.4) is 0 Å². The van der Waals surface area contributed by atoms with Crippen LogP contribution in [-0.2, 0) is 0 Å². The quantitative estimate of drug-likeness (QED) is 0.797. The molecule has 0 saturated carbocycles. The second-order valence-electron chi connectivity index (χ2n) is 7.28. The summed E-state index contributed by atoms with van der Waals surface area (Å²) in [5.74, 6) is -0.643. The van der Waals surface area contributed by atoms with E-state index in [1.807, 2.05) is 19.0 Å². The predicted molar refractivity (Wildman–Crippen MR) is 110 cm³/mol. The first-order chi connectivity index (χ1) is 13.9. The molecule has 1 aliphatic heterocycles. The van der Waals surface area contributed by atoms with Crippen molar-refractivity contribution >= 4 is 17.5 Å². The Morgan fingerprint density at radius 2 is 1.72 bits per heavy atom. The van der Waals surface area contributed by atoms with Crippen LogP contribution in [0.15, 0.2) is 42.7 Å². The third-order valence-electron chi connectivity index (χ3n) is 4.85. The Morgan fingerprint density at radius 3 is 2.38 bits per heavy atom. The number of aromatic nitrogens is 1. The first kappa shape index (κ1) is 20.7. The molecule has 1 N–H and O–H groups in total. The van der Waals surface area contributed by atoms with E-state index in [2.05, 4.69) is 15.2 Å². The molecular formula is C21H26FN5O2. The molecule has 0 bridgehead atoms. The molecule has 2 aromatic rings. The third kappa shape index (κ3) is 5.51. The average Bonchev–Trinajstić information content (AvgIpc) is 2.73. The van der Waals surface area contributed by atoms with Crippen LogP contribution in [0.2, 0.25) is 0 Å². The van der Waals surface area contributed by atoms with Crippen LogP contribution in [0.5, 0.6) is 0 Å². The number of anilines is 1. The van der Waals surface area contributed by atoms with E-state index in [-0.39, 0.29) is 17.6 Å². The Kier molecular flexibility index (Phi) is 6.77. The molecule has 8 heteroatoms. The smallest absolute Gasteiger partial charge is 0.255 e. The number of benzene rings is 1. The van der Waals surface area contributed by atoms with Gasteiger partial charge in [0.05, 0.1) is 11.1 Å². The van der Waals surface area contributed by atoms with Crippen LogP contribution in [0, 0.1) is 5.82 Å². The van der Waals surface area contributed by atoms with Crippen molar-refractivity contribution in [3.05, 3.63) is 59.7 Å². The number of carbonyl (C=O) groups is 2. The van der Waals surface area contributed by atoms with Crippen molar-refractivity contribution < 1.29 is 14.0 Å². The number of likely N-dealkylation sites (N-methyl/N-ethyl adjacent to an activating group) is 1. The normalized spacial score (nSPS) is 14.2. The zero-order valence-electron chi connectivity index (χ0n) is 16.8. The molecule has 0 unspecified atom stereocenters. The molecule has 2 amide bonds. The molecule has 1 aromatic carbocycles. The van der Waals surface area contributed by atoms with Crippen LogP contribution in [-0.4, -0.2) is 80.0 Å². The summed E-state index contributed by atoms with van der Waals surface area (Å²) in [4.78, 5) is 35.0. The molecule has 2 heterocycles. The van der Waals surface area contributed by atoms with Gasteiger partial charge in [0.1, 0.15) is 5.82 Å². The van der Waals surface area contributed by atoms with Crippen molar-refractivity contribution in [3.63, 3.8) is 0 Å². The number of rotatable bonds is 6. The van der Waals surface area contributed by atoms with Gasteiger partial charge in [0.15, 0.2) is 0 Å². The van der Waals surface area contributed by atoms with Gasteiger partial charge in [-0.1, -0.05) is 0 Å². The minimum atomic E-state index is -0.263. The number of hydrogen-bond donors (Lipinski definition) is 1. The highest BCUT2D eigenvalue weighted by Gasteiger charge is 2.23. The highest BCUT2D eigenvalue weighted by Crippen LogP contribution is 2.18. The van der Waals surface area contributed by atoms with Crippen molar-refractivity contribution in [3.8, 4) is 0 Å². The summed E-state index contributed by atoms with van der Waals surface area (Å²) in [5, 5.41) is 2.83. The molecule has 1 aliphatic rings. The van der Waals surface area contributed by atoms with Gasteiger partial charge in [-0.15, -0.1) is 0 Å². The van der Waals surface area contributed by atoms with Gasteiger partial charge in [0.25, 0.3) is 11.8 Å². The molecular weight excluding hydrogens is 373 g/mol. The van der Waals surface area contributed by atoms with Crippen molar-refractivity contribution in [1.29, 1.82) is 0 Å². The maximum Gasteiger partial charge on any atom is 0.255 e. The van der Waals surface area contributed by atoms with Crippen LogP contribution in [0.1, 0.15) is 20.7 Å². The van der Waals surface area contributed by atoms with Crippen LogP contribution >= 0.6 is 0 Å². The van der Waals surface area contributed by atoms with Crippen molar-refractivity contribution in [2.24, 2.45) is 0 Å². The summed E-state index contributed by atoms with van der Waals surface area (Å²) in [5.41, 5.74) is 1.72. The second kappa shape index (κ2) is 9.47. The maximum atomic E-state index is 13.1. The van der Waals surface area contributed by atoms with Gasteiger partial charge in [-0.25, -0.2) is 4.39 Å². The van der Waals surface area contributed by atoms with Crippen molar-refractivity contribution in [2.45, 2.75) is 0 Å². The summed E-state index contributed by atoms with van der Waals surface area (Å²) in [6.45, 7) is 3.68. The van der Waals surface area contributed by atoms with Gasteiger partial charge in [-0.3, -0.25) is 14.6 Å². The van der Waals surface area contributed by atoms with Gasteiger partial charge in [0.2, 0.25) is 0 Å². The lowest BCUT2D eigenvalue weighted by Crippen LogP contribution is -2.48. The zero-order valence-corrected chi connectivity index (χ0v) is 16.8. The van der Waals surface area contributed by atoms with Gasteiger partial charge in [-0.05, 0) is 44.4 Å². The number of hydrogen-bond acceptors (Lipinski definition) is 5. The van der Waals surface area contributed by atoms with E-state index in [4.69, 9.17) is 0 Å². The molecule has 7 nitrogen and oxygen atoms in total. The largest absolute Gasteiger partial charge is 0.368 e. The van der Waals surface area contributed by atoms with E-state index in [0.717, 1.165) is 12.2 Å². The lowest BCUT2D eigenvalue weighted by molar-refractivity contribution is 0.0746. The fraction of sp³-hybridized carbons (Fsp3) is 0.381. The second-order valence-corrected chi connectivity index (χ2v) is 7.28. The number of piperazine rings is 1. The van der Waals surface area contributed by atoms with E-state index in [0.29, 0.717) is 43.9 Å². The lowest BCUT2D eigenvalue weighted by Gasteiger charge is -2.36. The minimum absolute atomic E-state index is 0.140. The van der Waals surface area contributed by atoms with E-state index < -0.39 is 0 Å². The Morgan fingerprint density at radius 1 is 1.07 bits per heavy atom. The van der Waals surface area contributed by atoms with E-state index in [9.17, 15) is 14.0 Å². The summed E-state index contributed by atoms with van der Waals surface area (Å²) in [7, 11) is 3.87.